The second-order valence-corrected chi connectivity index (χ2v) is 4.90. The van der Waals surface area contributed by atoms with Gasteiger partial charge in [-0.05, 0) is 42.8 Å². The molecule has 1 heterocycles. The van der Waals surface area contributed by atoms with Gasteiger partial charge in [0.05, 0.1) is 15.9 Å². The maximum atomic E-state index is 6.17. The molecule has 2 N–H and O–H groups in total. The van der Waals surface area contributed by atoms with E-state index in [1.807, 2.05) is 31.2 Å². The first-order chi connectivity index (χ1) is 9.63. The SMILES string of the molecule is Cc1ccc(Oc2ncnc3ccc(N)cc23)c(Cl)c1. The molecule has 20 heavy (non-hydrogen) atoms. The Balaban J connectivity index is 2.08. The van der Waals surface area contributed by atoms with Gasteiger partial charge in [-0.3, -0.25) is 0 Å². The maximum Gasteiger partial charge on any atom is 0.230 e. The zero-order chi connectivity index (χ0) is 14.1. The van der Waals surface area contributed by atoms with Crippen molar-refractivity contribution >= 4 is 28.2 Å². The van der Waals surface area contributed by atoms with Gasteiger partial charge >= 0.3 is 0 Å². The third kappa shape index (κ3) is 2.38. The lowest BCUT2D eigenvalue weighted by atomic mass is 10.2. The molecule has 0 saturated heterocycles. The zero-order valence-electron chi connectivity index (χ0n) is 10.8. The quantitative estimate of drug-likeness (QED) is 0.724. The summed E-state index contributed by atoms with van der Waals surface area (Å²) in [6, 6.07) is 11.0. The fraction of sp³-hybridized carbons (Fsp3) is 0.0667. The van der Waals surface area contributed by atoms with Crippen molar-refractivity contribution in [3.8, 4) is 11.6 Å². The highest BCUT2D eigenvalue weighted by Crippen LogP contribution is 2.32. The Morgan fingerprint density at radius 2 is 1.95 bits per heavy atom. The van der Waals surface area contributed by atoms with E-state index < -0.39 is 0 Å². The molecule has 0 spiro atoms. The van der Waals surface area contributed by atoms with Crippen LogP contribution in [-0.4, -0.2) is 9.97 Å². The third-order valence-electron chi connectivity index (χ3n) is 2.92. The molecule has 1 aromatic heterocycles. The van der Waals surface area contributed by atoms with Crippen LogP contribution in [0.3, 0.4) is 0 Å². The van der Waals surface area contributed by atoms with Crippen molar-refractivity contribution in [2.45, 2.75) is 6.92 Å². The smallest absolute Gasteiger partial charge is 0.230 e. The molecule has 0 amide bonds. The number of aromatic nitrogens is 2. The lowest BCUT2D eigenvalue weighted by Crippen LogP contribution is -1.93. The van der Waals surface area contributed by atoms with E-state index in [9.17, 15) is 0 Å². The molecule has 0 aliphatic heterocycles. The van der Waals surface area contributed by atoms with Crippen molar-refractivity contribution < 1.29 is 4.74 Å². The third-order valence-corrected chi connectivity index (χ3v) is 3.21. The Kier molecular flexibility index (Phi) is 3.16. The predicted octanol–water partition coefficient (Wildman–Crippen LogP) is 3.97. The number of nitrogens with zero attached hydrogens (tertiary/aromatic N) is 2. The standard InChI is InChI=1S/C15H12ClN3O/c1-9-2-5-14(12(16)6-9)20-15-11-7-10(17)3-4-13(11)18-8-19-15/h2-8H,17H2,1H3. The monoisotopic (exact) mass is 285 g/mol. The summed E-state index contributed by atoms with van der Waals surface area (Å²) >= 11 is 6.17. The summed E-state index contributed by atoms with van der Waals surface area (Å²) in [5.74, 6) is 0.993. The minimum absolute atomic E-state index is 0.438. The van der Waals surface area contributed by atoms with Crippen LogP contribution in [0.5, 0.6) is 11.6 Å². The van der Waals surface area contributed by atoms with Crippen molar-refractivity contribution in [1.82, 2.24) is 9.97 Å². The molecule has 0 saturated carbocycles. The zero-order valence-corrected chi connectivity index (χ0v) is 11.6. The van der Waals surface area contributed by atoms with Gasteiger partial charge < -0.3 is 10.5 Å². The number of aryl methyl sites for hydroxylation is 1. The first-order valence-corrected chi connectivity index (χ1v) is 6.45. The van der Waals surface area contributed by atoms with Crippen LogP contribution in [0.25, 0.3) is 10.9 Å². The fourth-order valence-corrected chi connectivity index (χ4v) is 2.20. The van der Waals surface area contributed by atoms with E-state index in [-0.39, 0.29) is 0 Å². The number of anilines is 1. The molecular formula is C15H12ClN3O. The molecule has 0 radical (unpaired) electrons. The highest BCUT2D eigenvalue weighted by atomic mass is 35.5. The van der Waals surface area contributed by atoms with Gasteiger partial charge in [0.15, 0.2) is 0 Å². The number of halogens is 1. The van der Waals surface area contributed by atoms with E-state index in [0.29, 0.717) is 22.3 Å². The maximum absolute atomic E-state index is 6.17. The summed E-state index contributed by atoms with van der Waals surface area (Å²) in [4.78, 5) is 8.34. The second kappa shape index (κ2) is 4.98. The van der Waals surface area contributed by atoms with Gasteiger partial charge in [-0.2, -0.15) is 0 Å². The minimum atomic E-state index is 0.438. The second-order valence-electron chi connectivity index (χ2n) is 4.49. The number of fused-ring (bicyclic) bond motifs is 1. The van der Waals surface area contributed by atoms with E-state index in [0.717, 1.165) is 16.5 Å². The number of nitrogen functional groups attached to an aromatic ring is 1. The summed E-state index contributed by atoms with van der Waals surface area (Å²) in [6.07, 6.45) is 1.45. The topological polar surface area (TPSA) is 61.0 Å². The largest absolute Gasteiger partial charge is 0.437 e. The Bertz CT molecular complexity index is 789. The van der Waals surface area contributed by atoms with E-state index in [4.69, 9.17) is 22.1 Å². The lowest BCUT2D eigenvalue weighted by Gasteiger charge is -2.09. The highest BCUT2D eigenvalue weighted by molar-refractivity contribution is 6.32. The van der Waals surface area contributed by atoms with Crippen LogP contribution in [0.1, 0.15) is 5.56 Å². The summed E-state index contributed by atoms with van der Waals surface area (Å²) < 4.78 is 5.79. The predicted molar refractivity (Wildman–Crippen MR) is 80.2 cm³/mol. The summed E-state index contributed by atoms with van der Waals surface area (Å²) in [7, 11) is 0. The van der Waals surface area contributed by atoms with Gasteiger partial charge in [0.1, 0.15) is 12.1 Å². The number of benzene rings is 2. The van der Waals surface area contributed by atoms with Crippen LogP contribution < -0.4 is 10.5 Å². The molecule has 0 aliphatic carbocycles. The van der Waals surface area contributed by atoms with Crippen LogP contribution in [0.15, 0.2) is 42.7 Å². The van der Waals surface area contributed by atoms with E-state index in [1.165, 1.54) is 6.33 Å². The van der Waals surface area contributed by atoms with E-state index in [2.05, 4.69) is 9.97 Å². The number of nitrogens with two attached hydrogens (primary N) is 1. The van der Waals surface area contributed by atoms with Crippen LogP contribution in [-0.2, 0) is 0 Å². The molecule has 3 rings (SSSR count). The number of ether oxygens (including phenoxy) is 1. The van der Waals surface area contributed by atoms with Crippen molar-refractivity contribution in [2.24, 2.45) is 0 Å². The Labute approximate surface area is 121 Å². The molecule has 0 unspecified atom stereocenters. The molecule has 3 aromatic rings. The minimum Gasteiger partial charge on any atom is -0.437 e. The molecule has 100 valence electrons. The molecule has 0 atom stereocenters. The normalized spacial score (nSPS) is 10.7. The molecule has 0 bridgehead atoms. The Morgan fingerprint density at radius 1 is 1.10 bits per heavy atom. The van der Waals surface area contributed by atoms with Crippen molar-refractivity contribution in [3.05, 3.63) is 53.3 Å². The van der Waals surface area contributed by atoms with Crippen molar-refractivity contribution in [3.63, 3.8) is 0 Å². The number of rotatable bonds is 2. The van der Waals surface area contributed by atoms with Crippen LogP contribution in [0, 0.1) is 6.92 Å². The van der Waals surface area contributed by atoms with E-state index >= 15 is 0 Å². The number of hydrogen-bond acceptors (Lipinski definition) is 4. The molecule has 2 aromatic carbocycles. The highest BCUT2D eigenvalue weighted by Gasteiger charge is 2.09. The van der Waals surface area contributed by atoms with Gasteiger partial charge in [0, 0.05) is 5.69 Å². The average Bonchev–Trinajstić information content (AvgIpc) is 2.42. The lowest BCUT2D eigenvalue weighted by molar-refractivity contribution is 0.468. The summed E-state index contributed by atoms with van der Waals surface area (Å²) in [6.45, 7) is 1.97. The van der Waals surface area contributed by atoms with Gasteiger partial charge in [-0.1, -0.05) is 17.7 Å². The number of hydrogen-bond donors (Lipinski definition) is 1. The van der Waals surface area contributed by atoms with Gasteiger partial charge in [0.25, 0.3) is 0 Å². The molecule has 0 aliphatic rings. The molecular weight excluding hydrogens is 274 g/mol. The summed E-state index contributed by atoms with van der Waals surface area (Å²) in [5.41, 5.74) is 8.27. The van der Waals surface area contributed by atoms with Gasteiger partial charge in [-0.15, -0.1) is 0 Å². The molecule has 4 nitrogen and oxygen atoms in total. The summed E-state index contributed by atoms with van der Waals surface area (Å²) in [5, 5.41) is 1.30. The first-order valence-electron chi connectivity index (χ1n) is 6.08. The van der Waals surface area contributed by atoms with Crippen molar-refractivity contribution in [1.29, 1.82) is 0 Å². The average molecular weight is 286 g/mol. The Hall–Kier alpha value is -2.33. The van der Waals surface area contributed by atoms with Crippen molar-refractivity contribution in [2.75, 3.05) is 5.73 Å². The van der Waals surface area contributed by atoms with E-state index in [1.54, 1.807) is 12.1 Å². The van der Waals surface area contributed by atoms with Crippen LogP contribution >= 0.6 is 11.6 Å². The fourth-order valence-electron chi connectivity index (χ4n) is 1.92. The molecule has 0 fully saturated rings. The first kappa shape index (κ1) is 12.7. The Morgan fingerprint density at radius 3 is 2.75 bits per heavy atom. The van der Waals surface area contributed by atoms with Crippen LogP contribution in [0.4, 0.5) is 5.69 Å². The molecule has 5 heteroatoms. The van der Waals surface area contributed by atoms with Gasteiger partial charge in [0.2, 0.25) is 5.88 Å². The van der Waals surface area contributed by atoms with Crippen LogP contribution in [0.2, 0.25) is 5.02 Å². The van der Waals surface area contributed by atoms with Gasteiger partial charge in [-0.25, -0.2) is 9.97 Å².